The van der Waals surface area contributed by atoms with Crippen molar-refractivity contribution < 1.29 is 18.7 Å². The van der Waals surface area contributed by atoms with Crippen molar-refractivity contribution in [1.29, 1.82) is 0 Å². The van der Waals surface area contributed by atoms with Crippen molar-refractivity contribution in [1.82, 2.24) is 14.6 Å². The SMILES string of the molecule is COC(=O)Nc1ccc(-c2cnn3c(C)cc(C(=O)N4CCN(C)c5cc(F)ccc54)cc23)cn1. The fourth-order valence-corrected chi connectivity index (χ4v) is 4.27. The van der Waals surface area contributed by atoms with Gasteiger partial charge >= 0.3 is 6.09 Å². The van der Waals surface area contributed by atoms with E-state index in [0.29, 0.717) is 35.8 Å². The Morgan fingerprint density at radius 3 is 2.63 bits per heavy atom. The fraction of sp³-hybridized carbons (Fsp3) is 0.200. The molecule has 4 aromatic rings. The van der Waals surface area contributed by atoms with E-state index >= 15 is 0 Å². The molecule has 1 aliphatic rings. The molecule has 178 valence electrons. The summed E-state index contributed by atoms with van der Waals surface area (Å²) in [6.07, 6.45) is 2.74. The quantitative estimate of drug-likeness (QED) is 0.480. The van der Waals surface area contributed by atoms with Gasteiger partial charge in [0.2, 0.25) is 0 Å². The van der Waals surface area contributed by atoms with Crippen molar-refractivity contribution in [2.75, 3.05) is 42.4 Å². The number of hydrogen-bond acceptors (Lipinski definition) is 6. The number of aryl methyl sites for hydroxylation is 1. The van der Waals surface area contributed by atoms with Crippen LogP contribution in [0.1, 0.15) is 16.1 Å². The maximum Gasteiger partial charge on any atom is 0.412 e. The van der Waals surface area contributed by atoms with Gasteiger partial charge in [0, 0.05) is 48.7 Å². The van der Waals surface area contributed by atoms with Gasteiger partial charge in [0.05, 0.1) is 30.2 Å². The van der Waals surface area contributed by atoms with E-state index in [-0.39, 0.29) is 11.7 Å². The van der Waals surface area contributed by atoms with Gasteiger partial charge in [-0.25, -0.2) is 18.7 Å². The molecule has 1 aromatic carbocycles. The van der Waals surface area contributed by atoms with E-state index < -0.39 is 6.09 Å². The van der Waals surface area contributed by atoms with Crippen LogP contribution in [0.2, 0.25) is 0 Å². The molecule has 4 heterocycles. The molecular weight excluding hydrogens is 451 g/mol. The molecule has 9 nitrogen and oxygen atoms in total. The highest BCUT2D eigenvalue weighted by atomic mass is 19.1. The maximum atomic E-state index is 13.9. The number of halogens is 1. The zero-order valence-corrected chi connectivity index (χ0v) is 19.4. The monoisotopic (exact) mass is 474 g/mol. The molecule has 2 amide bonds. The van der Waals surface area contributed by atoms with Crippen LogP contribution in [-0.4, -0.2) is 53.8 Å². The summed E-state index contributed by atoms with van der Waals surface area (Å²) in [5.41, 5.74) is 4.97. The minimum absolute atomic E-state index is 0.167. The number of methoxy groups -OCH3 is 1. The Labute approximate surface area is 200 Å². The standard InChI is InChI=1S/C25H23FN6O3/c1-15-10-17(24(33)31-9-8-30(2)22-12-18(26)5-6-20(22)31)11-21-19(14-28-32(15)21)16-4-7-23(27-13-16)29-25(34)35-3/h4-7,10-14H,8-9H2,1-3H3,(H,27,29,34). The van der Waals surface area contributed by atoms with Crippen LogP contribution in [0, 0.1) is 12.7 Å². The number of hydrogen-bond donors (Lipinski definition) is 1. The van der Waals surface area contributed by atoms with E-state index in [9.17, 15) is 14.0 Å². The normalized spacial score (nSPS) is 13.0. The van der Waals surface area contributed by atoms with E-state index in [0.717, 1.165) is 22.3 Å². The molecule has 0 saturated carbocycles. The Morgan fingerprint density at radius 1 is 1.06 bits per heavy atom. The number of nitrogens with one attached hydrogen (secondary N) is 1. The average Bonchev–Trinajstić information content (AvgIpc) is 3.29. The van der Waals surface area contributed by atoms with E-state index in [2.05, 4.69) is 20.1 Å². The molecule has 0 bridgehead atoms. The van der Waals surface area contributed by atoms with Crippen LogP contribution >= 0.6 is 0 Å². The molecule has 5 rings (SSSR count). The molecule has 0 saturated heterocycles. The van der Waals surface area contributed by atoms with E-state index in [1.165, 1.54) is 19.2 Å². The third-order valence-electron chi connectivity index (χ3n) is 6.08. The molecular formula is C25H23FN6O3. The Kier molecular flexibility index (Phi) is 5.56. The highest BCUT2D eigenvalue weighted by molar-refractivity contribution is 6.09. The molecule has 0 atom stereocenters. The lowest BCUT2D eigenvalue weighted by molar-refractivity contribution is 0.0986. The summed E-state index contributed by atoms with van der Waals surface area (Å²) in [5, 5.41) is 6.99. The molecule has 10 heteroatoms. The van der Waals surface area contributed by atoms with Gasteiger partial charge in [-0.2, -0.15) is 5.10 Å². The lowest BCUT2D eigenvalue weighted by Gasteiger charge is -2.35. The zero-order chi connectivity index (χ0) is 24.7. The molecule has 35 heavy (non-hydrogen) atoms. The van der Waals surface area contributed by atoms with Crippen LogP contribution < -0.4 is 15.1 Å². The molecule has 0 fully saturated rings. The van der Waals surface area contributed by atoms with Crippen molar-refractivity contribution >= 4 is 34.7 Å². The number of amides is 2. The second-order valence-corrected chi connectivity index (χ2v) is 8.30. The number of aromatic nitrogens is 3. The summed E-state index contributed by atoms with van der Waals surface area (Å²) in [7, 11) is 3.16. The summed E-state index contributed by atoms with van der Waals surface area (Å²) in [6, 6.07) is 11.5. The van der Waals surface area contributed by atoms with Crippen molar-refractivity contribution in [2.45, 2.75) is 6.92 Å². The van der Waals surface area contributed by atoms with Gasteiger partial charge < -0.3 is 14.5 Å². The lowest BCUT2D eigenvalue weighted by atomic mass is 10.1. The third kappa shape index (κ3) is 4.03. The molecule has 0 aliphatic carbocycles. The number of anilines is 3. The van der Waals surface area contributed by atoms with Crippen molar-refractivity contribution in [3.63, 3.8) is 0 Å². The predicted octanol–water partition coefficient (Wildman–Crippen LogP) is 4.12. The summed E-state index contributed by atoms with van der Waals surface area (Å²) >= 11 is 0. The Morgan fingerprint density at radius 2 is 1.89 bits per heavy atom. The first kappa shape index (κ1) is 22.3. The number of ether oxygens (including phenoxy) is 1. The van der Waals surface area contributed by atoms with Crippen molar-refractivity contribution in [2.24, 2.45) is 0 Å². The molecule has 0 spiro atoms. The van der Waals surface area contributed by atoms with Crippen LogP contribution in [0.3, 0.4) is 0 Å². The fourth-order valence-electron chi connectivity index (χ4n) is 4.27. The Balaban J connectivity index is 1.51. The number of likely N-dealkylation sites (N-methyl/N-ethyl adjacent to an activating group) is 1. The minimum atomic E-state index is -0.603. The summed E-state index contributed by atoms with van der Waals surface area (Å²) < 4.78 is 20.2. The number of carbonyl (C=O) groups excluding carboxylic acids is 2. The number of rotatable bonds is 3. The highest BCUT2D eigenvalue weighted by Crippen LogP contribution is 2.34. The number of nitrogens with zero attached hydrogens (tertiary/aromatic N) is 5. The summed E-state index contributed by atoms with van der Waals surface area (Å²) in [6.45, 7) is 2.97. The highest BCUT2D eigenvalue weighted by Gasteiger charge is 2.27. The molecule has 3 aromatic heterocycles. The molecule has 1 aliphatic heterocycles. The van der Waals surface area contributed by atoms with Gasteiger partial charge in [-0.05, 0) is 49.4 Å². The largest absolute Gasteiger partial charge is 0.453 e. The van der Waals surface area contributed by atoms with Crippen LogP contribution in [0.4, 0.5) is 26.4 Å². The van der Waals surface area contributed by atoms with Crippen molar-refractivity contribution in [3.8, 4) is 11.1 Å². The first-order chi connectivity index (χ1) is 16.9. The lowest BCUT2D eigenvalue weighted by Crippen LogP contribution is -2.42. The summed E-state index contributed by atoms with van der Waals surface area (Å²) in [4.78, 5) is 32.9. The van der Waals surface area contributed by atoms with Gasteiger partial charge in [-0.3, -0.25) is 10.1 Å². The Hall–Kier alpha value is -4.47. The van der Waals surface area contributed by atoms with Gasteiger partial charge in [0.25, 0.3) is 5.91 Å². The predicted molar refractivity (Wildman–Crippen MR) is 131 cm³/mol. The van der Waals surface area contributed by atoms with Crippen molar-refractivity contribution in [3.05, 3.63) is 71.9 Å². The van der Waals surface area contributed by atoms with Gasteiger partial charge in [-0.15, -0.1) is 0 Å². The van der Waals surface area contributed by atoms with E-state index in [4.69, 9.17) is 0 Å². The first-order valence-electron chi connectivity index (χ1n) is 11.0. The smallest absolute Gasteiger partial charge is 0.412 e. The van der Waals surface area contributed by atoms with Crippen LogP contribution in [0.25, 0.3) is 16.6 Å². The molecule has 0 radical (unpaired) electrons. The zero-order valence-electron chi connectivity index (χ0n) is 19.4. The Bertz CT molecular complexity index is 1450. The first-order valence-corrected chi connectivity index (χ1v) is 11.0. The van der Waals surface area contributed by atoms with Crippen LogP contribution in [0.15, 0.2) is 54.9 Å². The number of benzene rings is 1. The molecule has 1 N–H and O–H groups in total. The second kappa shape index (κ2) is 8.71. The topological polar surface area (TPSA) is 92.1 Å². The number of pyridine rings is 2. The molecule has 0 unspecified atom stereocenters. The minimum Gasteiger partial charge on any atom is -0.453 e. The van der Waals surface area contributed by atoms with E-state index in [1.54, 1.807) is 46.1 Å². The number of fused-ring (bicyclic) bond motifs is 2. The third-order valence-corrected chi connectivity index (χ3v) is 6.08. The van der Waals surface area contributed by atoms with E-state index in [1.807, 2.05) is 24.9 Å². The van der Waals surface area contributed by atoms with Crippen LogP contribution in [0.5, 0.6) is 0 Å². The van der Waals surface area contributed by atoms with Gasteiger partial charge in [0.1, 0.15) is 11.6 Å². The summed E-state index contributed by atoms with van der Waals surface area (Å²) in [5.74, 6) is -0.152. The second-order valence-electron chi connectivity index (χ2n) is 8.30. The van der Waals surface area contributed by atoms with Gasteiger partial charge in [-0.1, -0.05) is 0 Å². The average molecular weight is 474 g/mol. The van der Waals surface area contributed by atoms with Gasteiger partial charge in [0.15, 0.2) is 0 Å². The number of carbonyl (C=O) groups is 2. The maximum absolute atomic E-state index is 13.9. The van der Waals surface area contributed by atoms with Crippen LogP contribution in [-0.2, 0) is 4.74 Å².